The van der Waals surface area contributed by atoms with Gasteiger partial charge >= 0.3 is 5.97 Å². The van der Waals surface area contributed by atoms with Crippen molar-refractivity contribution in [3.8, 4) is 18.1 Å². The topological polar surface area (TPSA) is 75.6 Å². The molecule has 1 amide bonds. The lowest BCUT2D eigenvalue weighted by Gasteiger charge is -2.12. The smallest absolute Gasteiger partial charge is 0.327 e. The van der Waals surface area contributed by atoms with E-state index >= 15 is 0 Å². The number of aliphatic carboxylic acids is 1. The van der Waals surface area contributed by atoms with E-state index in [4.69, 9.17) is 16.3 Å². The molecule has 1 aromatic rings. The first-order valence-electron chi connectivity index (χ1n) is 5.37. The van der Waals surface area contributed by atoms with E-state index in [0.29, 0.717) is 5.75 Å². The minimum Gasteiger partial charge on any atom is -0.484 e. The summed E-state index contributed by atoms with van der Waals surface area (Å²) in [5.41, 5.74) is 0. The lowest BCUT2D eigenvalue weighted by atomic mass is 10.2. The highest BCUT2D eigenvalue weighted by Crippen LogP contribution is 2.10. The first kappa shape index (κ1) is 14.5. The van der Waals surface area contributed by atoms with Crippen LogP contribution in [0.3, 0.4) is 0 Å². The standard InChI is InChI=1S/C13H12FNO4/c1-2-3-11(13(17)18)15-12(16)8-19-10-6-4-9(14)5-7-10/h1,4-7,11H,3,8H2,(H,15,16)(H,17,18). The van der Waals surface area contributed by atoms with Crippen LogP contribution in [0.4, 0.5) is 4.39 Å². The maximum Gasteiger partial charge on any atom is 0.327 e. The number of terminal acetylenes is 1. The van der Waals surface area contributed by atoms with Gasteiger partial charge in [-0.25, -0.2) is 9.18 Å². The van der Waals surface area contributed by atoms with Gasteiger partial charge in [0, 0.05) is 6.42 Å². The molecule has 0 radical (unpaired) electrons. The molecule has 1 aromatic carbocycles. The number of hydrogen-bond donors (Lipinski definition) is 2. The Bertz CT molecular complexity index is 492. The van der Waals surface area contributed by atoms with Crippen LogP contribution in [0.15, 0.2) is 24.3 Å². The second-order valence-electron chi connectivity index (χ2n) is 3.61. The second kappa shape index (κ2) is 7.01. The molecule has 0 aromatic heterocycles. The Morgan fingerprint density at radius 3 is 2.58 bits per heavy atom. The number of carboxylic acid groups (broad SMARTS) is 1. The van der Waals surface area contributed by atoms with Crippen molar-refractivity contribution >= 4 is 11.9 Å². The number of ether oxygens (including phenoxy) is 1. The van der Waals surface area contributed by atoms with Crippen LogP contribution in [0.25, 0.3) is 0 Å². The Kier molecular flexibility index (Phi) is 5.35. The predicted octanol–water partition coefficient (Wildman–Crippen LogP) is 0.797. The summed E-state index contributed by atoms with van der Waals surface area (Å²) >= 11 is 0. The third-order valence-electron chi connectivity index (χ3n) is 2.14. The number of carbonyl (C=O) groups is 2. The van der Waals surface area contributed by atoms with E-state index < -0.39 is 23.7 Å². The summed E-state index contributed by atoms with van der Waals surface area (Å²) in [7, 11) is 0. The van der Waals surface area contributed by atoms with Crippen molar-refractivity contribution < 1.29 is 23.8 Å². The van der Waals surface area contributed by atoms with Crippen molar-refractivity contribution in [1.82, 2.24) is 5.32 Å². The Morgan fingerprint density at radius 2 is 2.05 bits per heavy atom. The molecule has 2 N–H and O–H groups in total. The van der Waals surface area contributed by atoms with Crippen LogP contribution in [-0.2, 0) is 9.59 Å². The van der Waals surface area contributed by atoms with Crippen molar-refractivity contribution in [2.45, 2.75) is 12.5 Å². The van der Waals surface area contributed by atoms with Crippen LogP contribution in [-0.4, -0.2) is 29.6 Å². The van der Waals surface area contributed by atoms with Gasteiger partial charge in [0.25, 0.3) is 5.91 Å². The average Bonchev–Trinajstić information content (AvgIpc) is 2.37. The van der Waals surface area contributed by atoms with E-state index in [2.05, 4.69) is 11.2 Å². The van der Waals surface area contributed by atoms with Crippen molar-refractivity contribution in [3.05, 3.63) is 30.1 Å². The van der Waals surface area contributed by atoms with Gasteiger partial charge in [-0.1, -0.05) is 0 Å². The van der Waals surface area contributed by atoms with E-state index in [1.165, 1.54) is 24.3 Å². The molecule has 0 spiro atoms. The van der Waals surface area contributed by atoms with Gasteiger partial charge in [-0.2, -0.15) is 0 Å². The van der Waals surface area contributed by atoms with Crippen molar-refractivity contribution in [2.24, 2.45) is 0 Å². The number of nitrogens with one attached hydrogen (secondary N) is 1. The fourth-order valence-electron chi connectivity index (χ4n) is 1.23. The maximum atomic E-state index is 12.6. The molecule has 0 saturated carbocycles. The zero-order valence-electron chi connectivity index (χ0n) is 9.93. The number of benzene rings is 1. The number of carboxylic acids is 1. The fraction of sp³-hybridized carbons (Fsp3) is 0.231. The normalized spacial score (nSPS) is 11.2. The van der Waals surface area contributed by atoms with E-state index in [-0.39, 0.29) is 13.0 Å². The zero-order valence-corrected chi connectivity index (χ0v) is 9.93. The molecule has 0 bridgehead atoms. The van der Waals surface area contributed by atoms with Crippen molar-refractivity contribution in [3.63, 3.8) is 0 Å². The van der Waals surface area contributed by atoms with Gasteiger partial charge in [0.05, 0.1) is 0 Å². The predicted molar refractivity (Wildman–Crippen MR) is 64.9 cm³/mol. The van der Waals surface area contributed by atoms with E-state index in [1.54, 1.807) is 0 Å². The molecule has 6 heteroatoms. The van der Waals surface area contributed by atoms with Gasteiger partial charge in [-0.05, 0) is 24.3 Å². The zero-order chi connectivity index (χ0) is 14.3. The summed E-state index contributed by atoms with van der Waals surface area (Å²) < 4.78 is 17.7. The van der Waals surface area contributed by atoms with Gasteiger partial charge < -0.3 is 15.2 Å². The lowest BCUT2D eigenvalue weighted by Crippen LogP contribution is -2.42. The third-order valence-corrected chi connectivity index (χ3v) is 2.14. The SMILES string of the molecule is C#CCC(NC(=O)COc1ccc(F)cc1)C(=O)O. The van der Waals surface area contributed by atoms with Gasteiger partial charge in [0.15, 0.2) is 6.61 Å². The highest BCUT2D eigenvalue weighted by atomic mass is 19.1. The second-order valence-corrected chi connectivity index (χ2v) is 3.61. The summed E-state index contributed by atoms with van der Waals surface area (Å²) in [6.07, 6.45) is 4.88. The van der Waals surface area contributed by atoms with Crippen LogP contribution < -0.4 is 10.1 Å². The molecule has 0 fully saturated rings. The Hall–Kier alpha value is -2.55. The van der Waals surface area contributed by atoms with Crippen molar-refractivity contribution in [2.75, 3.05) is 6.61 Å². The molecule has 5 nitrogen and oxygen atoms in total. The number of carbonyl (C=O) groups excluding carboxylic acids is 1. The van der Waals surface area contributed by atoms with Crippen LogP contribution in [0.5, 0.6) is 5.75 Å². The molecule has 1 atom stereocenters. The number of amides is 1. The van der Waals surface area contributed by atoms with Crippen LogP contribution in [0.1, 0.15) is 6.42 Å². The molecular weight excluding hydrogens is 253 g/mol. The average molecular weight is 265 g/mol. The molecule has 0 aliphatic carbocycles. The summed E-state index contributed by atoms with van der Waals surface area (Å²) in [6.45, 7) is -0.375. The van der Waals surface area contributed by atoms with Gasteiger partial charge in [0.2, 0.25) is 0 Å². The van der Waals surface area contributed by atoms with E-state index in [1.807, 2.05) is 0 Å². The minimum atomic E-state index is -1.21. The Balaban J connectivity index is 2.45. The lowest BCUT2D eigenvalue weighted by molar-refractivity contribution is -0.141. The Morgan fingerprint density at radius 1 is 1.42 bits per heavy atom. The molecule has 100 valence electrons. The molecule has 0 saturated heterocycles. The summed E-state index contributed by atoms with van der Waals surface area (Å²) in [5.74, 6) is 0.209. The maximum absolute atomic E-state index is 12.6. The molecule has 0 heterocycles. The van der Waals surface area contributed by atoms with Crippen molar-refractivity contribution in [1.29, 1.82) is 0 Å². The fourth-order valence-corrected chi connectivity index (χ4v) is 1.23. The van der Waals surface area contributed by atoms with E-state index in [9.17, 15) is 14.0 Å². The largest absolute Gasteiger partial charge is 0.484 e. The third kappa shape index (κ3) is 5.08. The number of rotatable bonds is 6. The number of hydrogen-bond acceptors (Lipinski definition) is 3. The van der Waals surface area contributed by atoms with Gasteiger partial charge in [0.1, 0.15) is 17.6 Å². The van der Waals surface area contributed by atoms with E-state index in [0.717, 1.165) is 0 Å². The van der Waals surface area contributed by atoms with Gasteiger partial charge in [-0.3, -0.25) is 4.79 Å². The summed E-state index contributed by atoms with van der Waals surface area (Å²) in [4.78, 5) is 22.2. The van der Waals surface area contributed by atoms with Gasteiger partial charge in [-0.15, -0.1) is 12.3 Å². The molecular formula is C13H12FNO4. The first-order chi connectivity index (χ1) is 9.02. The van der Waals surface area contributed by atoms with Crippen LogP contribution in [0.2, 0.25) is 0 Å². The molecule has 1 unspecified atom stereocenters. The minimum absolute atomic E-state index is 0.113. The van der Waals surface area contributed by atoms with Crippen LogP contribution in [0, 0.1) is 18.2 Å². The quantitative estimate of drug-likeness (QED) is 0.746. The first-order valence-corrected chi connectivity index (χ1v) is 5.37. The van der Waals surface area contributed by atoms with Crippen LogP contribution >= 0.6 is 0 Å². The molecule has 0 aliphatic rings. The number of halogens is 1. The molecule has 19 heavy (non-hydrogen) atoms. The molecule has 0 aliphatic heterocycles. The highest BCUT2D eigenvalue weighted by Gasteiger charge is 2.18. The Labute approximate surface area is 109 Å². The molecule has 1 rings (SSSR count). The summed E-state index contributed by atoms with van der Waals surface area (Å²) in [6, 6.07) is 3.95. The summed E-state index contributed by atoms with van der Waals surface area (Å²) in [5, 5.41) is 11.0. The monoisotopic (exact) mass is 265 g/mol. The highest BCUT2D eigenvalue weighted by molar-refractivity contribution is 5.84.